The third-order valence-corrected chi connectivity index (χ3v) is 3.54. The number of nitrogens with zero attached hydrogens (tertiary/aromatic N) is 2. The van der Waals surface area contributed by atoms with Crippen LogP contribution in [0.5, 0.6) is 0 Å². The van der Waals surface area contributed by atoms with E-state index < -0.39 is 0 Å². The number of hydrogen-bond donors (Lipinski definition) is 0. The lowest BCUT2D eigenvalue weighted by Crippen LogP contribution is -2.07. The van der Waals surface area contributed by atoms with Crippen LogP contribution in [0.3, 0.4) is 0 Å². The molecule has 0 unspecified atom stereocenters. The van der Waals surface area contributed by atoms with Crippen LogP contribution in [0.4, 0.5) is 0 Å². The molecule has 1 heterocycles. The Morgan fingerprint density at radius 2 is 2.35 bits per heavy atom. The fraction of sp³-hybridized carbons (Fsp3) is 0.357. The fourth-order valence-corrected chi connectivity index (χ4v) is 2.14. The van der Waals surface area contributed by atoms with Gasteiger partial charge in [-0.05, 0) is 24.5 Å². The van der Waals surface area contributed by atoms with Crippen LogP contribution in [-0.2, 0) is 16.1 Å². The Kier molecular flexibility index (Phi) is 3.44. The summed E-state index contributed by atoms with van der Waals surface area (Å²) in [6.45, 7) is 2.03. The number of rotatable bonds is 4. The maximum Gasteiger partial charge on any atom is 0.309 e. The Bertz CT molecular complexity index is 641. The predicted molar refractivity (Wildman–Crippen MR) is 71.8 cm³/mol. The van der Waals surface area contributed by atoms with Gasteiger partial charge in [-0.25, -0.2) is 0 Å². The number of aromatic nitrogens is 2. The summed E-state index contributed by atoms with van der Waals surface area (Å²) in [4.78, 5) is 15.8. The highest BCUT2D eigenvalue weighted by atomic mass is 35.5. The zero-order valence-electron chi connectivity index (χ0n) is 10.9. The minimum atomic E-state index is -0.194. The van der Waals surface area contributed by atoms with E-state index in [1.165, 1.54) is 0 Å². The number of hydrogen-bond acceptors (Lipinski definition) is 5. The zero-order chi connectivity index (χ0) is 14.1. The molecule has 1 saturated carbocycles. The number of carbonyl (C=O) groups is 1. The molecule has 1 fully saturated rings. The van der Waals surface area contributed by atoms with E-state index in [1.54, 1.807) is 12.1 Å². The van der Waals surface area contributed by atoms with Crippen LogP contribution in [0, 0.1) is 11.8 Å². The molecule has 6 heteroatoms. The van der Waals surface area contributed by atoms with Crippen molar-refractivity contribution in [1.29, 1.82) is 0 Å². The highest BCUT2D eigenvalue weighted by Crippen LogP contribution is 2.38. The van der Waals surface area contributed by atoms with Crippen molar-refractivity contribution in [2.24, 2.45) is 11.8 Å². The van der Waals surface area contributed by atoms with Gasteiger partial charge in [-0.15, -0.1) is 0 Å². The molecule has 1 aliphatic carbocycles. The van der Waals surface area contributed by atoms with Gasteiger partial charge in [0.1, 0.15) is 0 Å². The standard InChI is InChI=1S/C14H13ClN2O3/c1-8-5-11(8)14(18)19-7-12-16-13(17-20-12)9-3-2-4-10(15)6-9/h2-4,6,8,11H,5,7H2,1H3/t8-,11+/m1/s1. The van der Waals surface area contributed by atoms with Gasteiger partial charge >= 0.3 is 5.97 Å². The lowest BCUT2D eigenvalue weighted by atomic mass is 10.2. The second-order valence-electron chi connectivity index (χ2n) is 4.95. The van der Waals surface area contributed by atoms with E-state index in [0.717, 1.165) is 12.0 Å². The zero-order valence-corrected chi connectivity index (χ0v) is 11.6. The normalized spacial score (nSPS) is 20.7. The first-order valence-electron chi connectivity index (χ1n) is 6.38. The second kappa shape index (κ2) is 5.25. The smallest absolute Gasteiger partial charge is 0.309 e. The summed E-state index contributed by atoms with van der Waals surface area (Å²) in [5.41, 5.74) is 0.759. The summed E-state index contributed by atoms with van der Waals surface area (Å²) < 4.78 is 10.2. The summed E-state index contributed by atoms with van der Waals surface area (Å²) in [5.74, 6) is 0.970. The number of esters is 1. The Labute approximate surface area is 120 Å². The van der Waals surface area contributed by atoms with Gasteiger partial charge in [0.15, 0.2) is 6.61 Å². The van der Waals surface area contributed by atoms with Crippen molar-refractivity contribution in [2.75, 3.05) is 0 Å². The highest BCUT2D eigenvalue weighted by Gasteiger charge is 2.40. The number of halogens is 1. The molecular formula is C14H13ClN2O3. The van der Waals surface area contributed by atoms with Crippen molar-refractivity contribution in [3.8, 4) is 11.4 Å². The number of benzene rings is 1. The van der Waals surface area contributed by atoms with Gasteiger partial charge in [-0.2, -0.15) is 4.98 Å². The molecule has 1 aliphatic rings. The van der Waals surface area contributed by atoms with E-state index in [-0.39, 0.29) is 24.4 Å². The third-order valence-electron chi connectivity index (χ3n) is 3.30. The van der Waals surface area contributed by atoms with Crippen LogP contribution in [0.15, 0.2) is 28.8 Å². The van der Waals surface area contributed by atoms with Crippen LogP contribution >= 0.6 is 11.6 Å². The number of ether oxygens (including phenoxy) is 1. The summed E-state index contributed by atoms with van der Waals surface area (Å²) in [5, 5.41) is 4.44. The quantitative estimate of drug-likeness (QED) is 0.810. The van der Waals surface area contributed by atoms with Gasteiger partial charge in [-0.3, -0.25) is 4.79 Å². The molecule has 104 valence electrons. The van der Waals surface area contributed by atoms with E-state index in [0.29, 0.717) is 16.8 Å². The van der Waals surface area contributed by atoms with E-state index >= 15 is 0 Å². The minimum Gasteiger partial charge on any atom is -0.455 e. The summed E-state index contributed by atoms with van der Waals surface area (Å²) in [6, 6.07) is 7.15. The fourth-order valence-electron chi connectivity index (χ4n) is 1.95. The van der Waals surface area contributed by atoms with Crippen LogP contribution in [0.2, 0.25) is 5.02 Å². The molecule has 0 aliphatic heterocycles. The monoisotopic (exact) mass is 292 g/mol. The van der Waals surface area contributed by atoms with Gasteiger partial charge in [0.25, 0.3) is 5.89 Å². The largest absolute Gasteiger partial charge is 0.455 e. The Morgan fingerprint density at radius 3 is 3.05 bits per heavy atom. The molecular weight excluding hydrogens is 280 g/mol. The molecule has 0 saturated heterocycles. The molecule has 0 amide bonds. The Balaban J connectivity index is 1.63. The topological polar surface area (TPSA) is 65.2 Å². The Morgan fingerprint density at radius 1 is 1.55 bits per heavy atom. The molecule has 2 aromatic rings. The molecule has 0 radical (unpaired) electrons. The van der Waals surface area contributed by atoms with E-state index in [4.69, 9.17) is 20.9 Å². The molecule has 0 N–H and O–H groups in total. The number of carbonyl (C=O) groups excluding carboxylic acids is 1. The van der Waals surface area contributed by atoms with Gasteiger partial charge in [0.05, 0.1) is 5.92 Å². The Hall–Kier alpha value is -1.88. The SMILES string of the molecule is C[C@@H]1C[C@@H]1C(=O)OCc1nc(-c2cccc(Cl)c2)no1. The van der Waals surface area contributed by atoms with Crippen molar-refractivity contribution < 1.29 is 14.1 Å². The van der Waals surface area contributed by atoms with Crippen molar-refractivity contribution in [2.45, 2.75) is 20.0 Å². The van der Waals surface area contributed by atoms with Crippen LogP contribution in [0.25, 0.3) is 11.4 Å². The van der Waals surface area contributed by atoms with Crippen molar-refractivity contribution >= 4 is 17.6 Å². The summed E-state index contributed by atoms with van der Waals surface area (Å²) >= 11 is 5.90. The first-order chi connectivity index (χ1) is 9.63. The van der Waals surface area contributed by atoms with Gasteiger partial charge < -0.3 is 9.26 Å². The van der Waals surface area contributed by atoms with E-state index in [9.17, 15) is 4.79 Å². The molecule has 0 spiro atoms. The summed E-state index contributed by atoms with van der Waals surface area (Å²) in [6.07, 6.45) is 0.899. The maximum atomic E-state index is 11.6. The van der Waals surface area contributed by atoms with Gasteiger partial charge in [0.2, 0.25) is 5.82 Å². The molecule has 1 aromatic carbocycles. The van der Waals surface area contributed by atoms with Crippen molar-refractivity contribution in [1.82, 2.24) is 10.1 Å². The third kappa shape index (κ3) is 2.82. The molecule has 20 heavy (non-hydrogen) atoms. The van der Waals surface area contributed by atoms with Crippen molar-refractivity contribution in [3.63, 3.8) is 0 Å². The van der Waals surface area contributed by atoms with E-state index in [1.807, 2.05) is 19.1 Å². The van der Waals surface area contributed by atoms with Gasteiger partial charge in [-0.1, -0.05) is 35.8 Å². The second-order valence-corrected chi connectivity index (χ2v) is 5.39. The minimum absolute atomic E-state index is 0.00954. The van der Waals surface area contributed by atoms with Crippen LogP contribution in [-0.4, -0.2) is 16.1 Å². The van der Waals surface area contributed by atoms with Crippen LogP contribution in [0.1, 0.15) is 19.2 Å². The average molecular weight is 293 g/mol. The summed E-state index contributed by atoms with van der Waals surface area (Å²) in [7, 11) is 0. The molecule has 5 nitrogen and oxygen atoms in total. The van der Waals surface area contributed by atoms with Crippen molar-refractivity contribution in [3.05, 3.63) is 35.2 Å². The molecule has 1 aromatic heterocycles. The first kappa shape index (κ1) is 13.1. The lowest BCUT2D eigenvalue weighted by Gasteiger charge is -1.99. The highest BCUT2D eigenvalue weighted by molar-refractivity contribution is 6.30. The molecule has 2 atom stereocenters. The van der Waals surface area contributed by atoms with E-state index in [2.05, 4.69) is 10.1 Å². The molecule has 3 rings (SSSR count). The van der Waals surface area contributed by atoms with Crippen LogP contribution < -0.4 is 0 Å². The van der Waals surface area contributed by atoms with Gasteiger partial charge in [0, 0.05) is 10.6 Å². The first-order valence-corrected chi connectivity index (χ1v) is 6.76. The predicted octanol–water partition coefficient (Wildman–Crippen LogP) is 3.09. The lowest BCUT2D eigenvalue weighted by molar-refractivity contribution is -0.147. The average Bonchev–Trinajstić information content (AvgIpc) is 2.99. The maximum absolute atomic E-state index is 11.6. The molecule has 0 bridgehead atoms.